The highest BCUT2D eigenvalue weighted by atomic mass is 16.2. The van der Waals surface area contributed by atoms with Crippen LogP contribution in [0.4, 0.5) is 11.4 Å². The Bertz CT molecular complexity index is 1000. The van der Waals surface area contributed by atoms with Crippen LogP contribution in [-0.2, 0) is 16.0 Å². The summed E-state index contributed by atoms with van der Waals surface area (Å²) in [7, 11) is 0. The number of nitrogens with zero attached hydrogens (tertiary/aromatic N) is 2. The first-order valence-electron chi connectivity index (χ1n) is 10.1. The van der Waals surface area contributed by atoms with Crippen molar-refractivity contribution in [3.8, 4) is 0 Å². The topological polar surface area (TPSA) is 69.7 Å². The number of rotatable bonds is 4. The Hall–Kier alpha value is -3.15. The van der Waals surface area contributed by atoms with Gasteiger partial charge in [0.15, 0.2) is 0 Å². The molecular formula is C23H25N3O3. The Labute approximate surface area is 170 Å². The van der Waals surface area contributed by atoms with Gasteiger partial charge in [0.05, 0.1) is 11.3 Å². The van der Waals surface area contributed by atoms with Crippen LogP contribution in [0.2, 0.25) is 0 Å². The van der Waals surface area contributed by atoms with E-state index >= 15 is 0 Å². The molecule has 3 amide bonds. The molecule has 2 aromatic carbocycles. The van der Waals surface area contributed by atoms with E-state index in [1.165, 1.54) is 4.90 Å². The number of benzene rings is 2. The summed E-state index contributed by atoms with van der Waals surface area (Å²) in [6.07, 6.45) is 1.33. The first-order valence-corrected chi connectivity index (χ1v) is 10.1. The van der Waals surface area contributed by atoms with Crippen LogP contribution in [0.5, 0.6) is 0 Å². The number of fused-ring (bicyclic) bond motifs is 3. The molecule has 1 atom stereocenters. The van der Waals surface area contributed by atoms with Gasteiger partial charge < -0.3 is 10.2 Å². The summed E-state index contributed by atoms with van der Waals surface area (Å²) in [5.41, 5.74) is 1.37. The number of hydrogen-bond acceptors (Lipinski definition) is 3. The molecule has 1 fully saturated rings. The molecule has 150 valence electrons. The fourth-order valence-corrected chi connectivity index (χ4v) is 4.51. The molecule has 0 aliphatic carbocycles. The summed E-state index contributed by atoms with van der Waals surface area (Å²) < 4.78 is 0. The zero-order chi connectivity index (χ0) is 20.8. The minimum Gasteiger partial charge on any atom is -0.322 e. The third kappa shape index (κ3) is 2.82. The van der Waals surface area contributed by atoms with Crippen LogP contribution in [0.3, 0.4) is 0 Å². The molecule has 0 bridgehead atoms. The van der Waals surface area contributed by atoms with Gasteiger partial charge in [0.2, 0.25) is 11.6 Å². The molecule has 2 aromatic rings. The molecule has 6 heteroatoms. The normalized spacial score (nSPS) is 20.7. The highest BCUT2D eigenvalue weighted by molar-refractivity contribution is 6.18. The minimum absolute atomic E-state index is 0.145. The molecule has 0 spiro atoms. The zero-order valence-electron chi connectivity index (χ0n) is 16.9. The fraction of sp³-hybridized carbons (Fsp3) is 0.348. The predicted molar refractivity (Wildman–Crippen MR) is 112 cm³/mol. The molecule has 0 aromatic heterocycles. The quantitative estimate of drug-likeness (QED) is 0.866. The molecular weight excluding hydrogens is 366 g/mol. The van der Waals surface area contributed by atoms with Gasteiger partial charge in [0.1, 0.15) is 0 Å². The van der Waals surface area contributed by atoms with E-state index in [9.17, 15) is 14.4 Å². The van der Waals surface area contributed by atoms with E-state index in [1.807, 2.05) is 45.0 Å². The Balaban J connectivity index is 1.84. The van der Waals surface area contributed by atoms with Crippen LogP contribution in [0.15, 0.2) is 48.5 Å². The fourth-order valence-electron chi connectivity index (χ4n) is 4.51. The lowest BCUT2D eigenvalue weighted by molar-refractivity contribution is -0.129. The van der Waals surface area contributed by atoms with Crippen LogP contribution >= 0.6 is 0 Å². The average Bonchev–Trinajstić information content (AvgIpc) is 3.06. The molecule has 0 saturated carbocycles. The number of para-hydroxylation sites is 1. The lowest BCUT2D eigenvalue weighted by Crippen LogP contribution is -2.70. The van der Waals surface area contributed by atoms with E-state index in [-0.39, 0.29) is 36.6 Å². The molecule has 1 N–H and O–H groups in total. The van der Waals surface area contributed by atoms with Gasteiger partial charge in [0, 0.05) is 24.6 Å². The second-order valence-corrected chi connectivity index (χ2v) is 7.84. The van der Waals surface area contributed by atoms with Crippen molar-refractivity contribution in [2.75, 3.05) is 10.2 Å². The Morgan fingerprint density at radius 3 is 2.62 bits per heavy atom. The highest BCUT2D eigenvalue weighted by Crippen LogP contribution is 2.45. The smallest absolute Gasteiger partial charge is 0.271 e. The van der Waals surface area contributed by atoms with Gasteiger partial charge in [-0.1, -0.05) is 31.2 Å². The molecule has 2 aliphatic rings. The second kappa shape index (κ2) is 7.03. The van der Waals surface area contributed by atoms with Crippen molar-refractivity contribution in [2.45, 2.75) is 51.7 Å². The summed E-state index contributed by atoms with van der Waals surface area (Å²) in [4.78, 5) is 43.1. The maximum Gasteiger partial charge on any atom is 0.271 e. The van der Waals surface area contributed by atoms with Crippen LogP contribution < -0.4 is 10.2 Å². The van der Waals surface area contributed by atoms with E-state index in [4.69, 9.17) is 0 Å². The SMILES string of the molecule is CCc1cccc(NC(=O)C23CCC(=O)N2c2ccccc2C(=O)N3C(C)C)c1. The van der Waals surface area contributed by atoms with Gasteiger partial charge in [-0.2, -0.15) is 0 Å². The third-order valence-corrected chi connectivity index (χ3v) is 5.77. The van der Waals surface area contributed by atoms with Gasteiger partial charge in [-0.05, 0) is 50.1 Å². The standard InChI is InChI=1S/C23H25N3O3/c1-4-16-8-7-9-17(14-16)24-22(29)23-13-12-20(27)26(23)19-11-6-5-10-18(19)21(28)25(23)15(2)3/h5-11,14-15H,4,12-13H2,1-3H3,(H,24,29). The zero-order valence-corrected chi connectivity index (χ0v) is 16.9. The van der Waals surface area contributed by atoms with Crippen LogP contribution in [0.25, 0.3) is 0 Å². The molecule has 1 unspecified atom stereocenters. The number of carbonyl (C=O) groups is 3. The molecule has 2 aliphatic heterocycles. The van der Waals surface area contributed by atoms with Crippen molar-refractivity contribution in [3.05, 3.63) is 59.7 Å². The molecule has 2 heterocycles. The first-order chi connectivity index (χ1) is 13.9. The second-order valence-electron chi connectivity index (χ2n) is 7.84. The van der Waals surface area contributed by atoms with Gasteiger partial charge >= 0.3 is 0 Å². The Morgan fingerprint density at radius 2 is 1.90 bits per heavy atom. The lowest BCUT2D eigenvalue weighted by atomic mass is 9.94. The first kappa shape index (κ1) is 19.2. The molecule has 1 saturated heterocycles. The van der Waals surface area contributed by atoms with Gasteiger partial charge in [-0.3, -0.25) is 19.3 Å². The predicted octanol–water partition coefficient (Wildman–Crippen LogP) is 3.58. The third-order valence-electron chi connectivity index (χ3n) is 5.77. The van der Waals surface area contributed by atoms with Crippen molar-refractivity contribution in [1.82, 2.24) is 4.90 Å². The van der Waals surface area contributed by atoms with Crippen molar-refractivity contribution >= 4 is 29.1 Å². The van der Waals surface area contributed by atoms with Gasteiger partial charge in [-0.15, -0.1) is 0 Å². The summed E-state index contributed by atoms with van der Waals surface area (Å²) in [6.45, 7) is 5.80. The van der Waals surface area contributed by atoms with Gasteiger partial charge in [-0.25, -0.2) is 0 Å². The summed E-state index contributed by atoms with van der Waals surface area (Å²) in [6, 6.07) is 14.4. The van der Waals surface area contributed by atoms with E-state index in [2.05, 4.69) is 5.32 Å². The Morgan fingerprint density at radius 1 is 1.14 bits per heavy atom. The molecule has 29 heavy (non-hydrogen) atoms. The van der Waals surface area contributed by atoms with Crippen molar-refractivity contribution in [1.29, 1.82) is 0 Å². The number of hydrogen-bond donors (Lipinski definition) is 1. The monoisotopic (exact) mass is 391 g/mol. The molecule has 6 nitrogen and oxygen atoms in total. The van der Waals surface area contributed by atoms with Crippen LogP contribution in [0, 0.1) is 0 Å². The maximum absolute atomic E-state index is 13.7. The summed E-state index contributed by atoms with van der Waals surface area (Å²) in [5.74, 6) is -0.722. The van der Waals surface area contributed by atoms with Crippen LogP contribution in [0.1, 0.15) is 49.5 Å². The highest BCUT2D eigenvalue weighted by Gasteiger charge is 2.61. The number of anilines is 2. The van der Waals surface area contributed by atoms with Crippen molar-refractivity contribution in [2.24, 2.45) is 0 Å². The molecule has 4 rings (SSSR count). The Kier molecular flexibility index (Phi) is 4.65. The number of carbonyl (C=O) groups excluding carboxylic acids is 3. The number of nitrogens with one attached hydrogen (secondary N) is 1. The minimum atomic E-state index is -1.36. The van der Waals surface area contributed by atoms with E-state index in [0.29, 0.717) is 16.9 Å². The van der Waals surface area contributed by atoms with Gasteiger partial charge in [0.25, 0.3) is 11.8 Å². The van der Waals surface area contributed by atoms with Crippen molar-refractivity contribution in [3.63, 3.8) is 0 Å². The summed E-state index contributed by atoms with van der Waals surface area (Å²) in [5, 5.41) is 2.98. The average molecular weight is 391 g/mol. The van der Waals surface area contributed by atoms with E-state index < -0.39 is 5.66 Å². The van der Waals surface area contributed by atoms with E-state index in [0.717, 1.165) is 12.0 Å². The van der Waals surface area contributed by atoms with Crippen LogP contribution in [-0.4, -0.2) is 34.3 Å². The molecule has 0 radical (unpaired) electrons. The van der Waals surface area contributed by atoms with Crippen molar-refractivity contribution < 1.29 is 14.4 Å². The number of amides is 3. The summed E-state index contributed by atoms with van der Waals surface area (Å²) >= 11 is 0. The lowest BCUT2D eigenvalue weighted by Gasteiger charge is -2.50. The number of aryl methyl sites for hydroxylation is 1. The van der Waals surface area contributed by atoms with E-state index in [1.54, 1.807) is 29.2 Å². The largest absolute Gasteiger partial charge is 0.322 e. The maximum atomic E-state index is 13.7.